The molecule has 1 aromatic rings. The van der Waals surface area contributed by atoms with Crippen molar-refractivity contribution < 1.29 is 14.3 Å². The van der Waals surface area contributed by atoms with Gasteiger partial charge in [-0.25, -0.2) is 0 Å². The number of hydrogen-bond donors (Lipinski definition) is 0. The molecule has 0 spiro atoms. The molecule has 102 valence electrons. The van der Waals surface area contributed by atoms with Crippen LogP contribution in [0.1, 0.15) is 25.3 Å². The van der Waals surface area contributed by atoms with Crippen LogP contribution >= 0.6 is 11.6 Å². The summed E-state index contributed by atoms with van der Waals surface area (Å²) in [4.78, 5) is 5.33. The summed E-state index contributed by atoms with van der Waals surface area (Å²) in [6.45, 7) is 3.29. The quantitative estimate of drug-likeness (QED) is 0.783. The van der Waals surface area contributed by atoms with E-state index in [2.05, 4.69) is 5.16 Å². The maximum atomic E-state index is 6.03. The molecule has 1 aromatic carbocycles. The maximum Gasteiger partial charge on any atom is 0.161 e. The second-order valence-electron chi connectivity index (χ2n) is 4.78. The number of oxime groups is 1. The summed E-state index contributed by atoms with van der Waals surface area (Å²) >= 11 is 6.03. The van der Waals surface area contributed by atoms with E-state index in [1.54, 1.807) is 0 Å². The molecule has 19 heavy (non-hydrogen) atoms. The summed E-state index contributed by atoms with van der Waals surface area (Å²) < 4.78 is 11.3. The summed E-state index contributed by atoms with van der Waals surface area (Å²) in [6.07, 6.45) is 1.58. The lowest BCUT2D eigenvalue weighted by Crippen LogP contribution is -2.18. The Labute approximate surface area is 117 Å². The second-order valence-corrected chi connectivity index (χ2v) is 5.46. The Bertz CT molecular complexity index is 501. The largest absolute Gasteiger partial charge is 0.490 e. The smallest absolute Gasteiger partial charge is 0.161 e. The lowest BCUT2D eigenvalue weighted by molar-refractivity contribution is 0.0855. The fourth-order valence-corrected chi connectivity index (χ4v) is 2.29. The number of hydrogen-bond acceptors (Lipinski definition) is 4. The van der Waals surface area contributed by atoms with Gasteiger partial charge in [-0.3, -0.25) is 0 Å². The molecule has 2 unspecified atom stereocenters. The molecular formula is C14H16ClNO3. The van der Waals surface area contributed by atoms with Crippen LogP contribution in [0.3, 0.4) is 0 Å². The Morgan fingerprint density at radius 2 is 2.05 bits per heavy atom. The van der Waals surface area contributed by atoms with Gasteiger partial charge in [0, 0.05) is 18.4 Å². The molecule has 0 saturated heterocycles. The minimum Gasteiger partial charge on any atom is -0.490 e. The molecule has 2 aliphatic heterocycles. The normalized spacial score (nSPS) is 23.3. The van der Waals surface area contributed by atoms with E-state index < -0.39 is 0 Å². The van der Waals surface area contributed by atoms with Crippen molar-refractivity contribution in [2.45, 2.75) is 31.2 Å². The van der Waals surface area contributed by atoms with Crippen LogP contribution in [0, 0.1) is 0 Å². The predicted molar refractivity (Wildman–Crippen MR) is 73.4 cm³/mol. The Morgan fingerprint density at radius 3 is 2.79 bits per heavy atom. The van der Waals surface area contributed by atoms with Gasteiger partial charge in [-0.15, -0.1) is 11.6 Å². The monoisotopic (exact) mass is 281 g/mol. The lowest BCUT2D eigenvalue weighted by Gasteiger charge is -2.10. The van der Waals surface area contributed by atoms with Crippen LogP contribution in [0.5, 0.6) is 11.5 Å². The highest BCUT2D eigenvalue weighted by molar-refractivity contribution is 6.21. The van der Waals surface area contributed by atoms with Crippen LogP contribution in [0.2, 0.25) is 0 Å². The molecule has 0 aromatic heterocycles. The van der Waals surface area contributed by atoms with E-state index in [-0.39, 0.29) is 11.5 Å². The molecule has 5 heteroatoms. The van der Waals surface area contributed by atoms with Crippen molar-refractivity contribution in [2.24, 2.45) is 5.16 Å². The van der Waals surface area contributed by atoms with Crippen molar-refractivity contribution in [3.8, 4) is 11.5 Å². The van der Waals surface area contributed by atoms with Crippen LogP contribution in [0.15, 0.2) is 23.4 Å². The molecule has 0 N–H and O–H groups in total. The second kappa shape index (κ2) is 5.29. The highest BCUT2D eigenvalue weighted by Gasteiger charge is 2.26. The molecule has 0 fully saturated rings. The van der Waals surface area contributed by atoms with Gasteiger partial charge in [0.25, 0.3) is 0 Å². The molecule has 0 radical (unpaired) electrons. The first-order chi connectivity index (χ1) is 9.24. The van der Waals surface area contributed by atoms with Gasteiger partial charge >= 0.3 is 0 Å². The van der Waals surface area contributed by atoms with Gasteiger partial charge < -0.3 is 14.3 Å². The third-order valence-electron chi connectivity index (χ3n) is 3.29. The first-order valence-corrected chi connectivity index (χ1v) is 6.94. The van der Waals surface area contributed by atoms with Gasteiger partial charge in [0.2, 0.25) is 0 Å². The molecule has 2 heterocycles. The highest BCUT2D eigenvalue weighted by atomic mass is 35.5. The molecule has 0 aliphatic carbocycles. The molecule has 2 aliphatic rings. The predicted octanol–water partition coefficient (Wildman–Crippen LogP) is 2.97. The Morgan fingerprint density at radius 1 is 1.26 bits per heavy atom. The first-order valence-electron chi connectivity index (χ1n) is 6.51. The van der Waals surface area contributed by atoms with Crippen molar-refractivity contribution in [1.82, 2.24) is 0 Å². The van der Waals surface area contributed by atoms with Crippen molar-refractivity contribution in [3.05, 3.63) is 23.8 Å². The van der Waals surface area contributed by atoms with E-state index in [0.29, 0.717) is 13.2 Å². The highest BCUT2D eigenvalue weighted by Crippen LogP contribution is 2.32. The van der Waals surface area contributed by atoms with Crippen LogP contribution < -0.4 is 9.47 Å². The first kappa shape index (κ1) is 12.6. The molecule has 4 nitrogen and oxygen atoms in total. The zero-order valence-corrected chi connectivity index (χ0v) is 11.5. The van der Waals surface area contributed by atoms with Crippen molar-refractivity contribution >= 4 is 17.3 Å². The molecule has 2 atom stereocenters. The summed E-state index contributed by atoms with van der Waals surface area (Å²) in [5, 5.41) is 4.06. The number of ether oxygens (including phenoxy) is 2. The fourth-order valence-electron chi connectivity index (χ4n) is 2.16. The number of fused-ring (bicyclic) bond motifs is 1. The molecule has 0 saturated carbocycles. The molecular weight excluding hydrogens is 266 g/mol. The van der Waals surface area contributed by atoms with Crippen LogP contribution in [0.25, 0.3) is 0 Å². The van der Waals surface area contributed by atoms with Gasteiger partial charge in [-0.2, -0.15) is 0 Å². The average molecular weight is 282 g/mol. The van der Waals surface area contributed by atoms with Gasteiger partial charge in [-0.1, -0.05) is 5.16 Å². The van der Waals surface area contributed by atoms with Crippen molar-refractivity contribution in [1.29, 1.82) is 0 Å². The van der Waals surface area contributed by atoms with Gasteiger partial charge in [0.05, 0.1) is 24.3 Å². The van der Waals surface area contributed by atoms with E-state index in [1.165, 1.54) is 0 Å². The van der Waals surface area contributed by atoms with Crippen LogP contribution in [-0.4, -0.2) is 30.4 Å². The number of rotatable bonds is 2. The molecule has 0 amide bonds. The third kappa shape index (κ3) is 2.63. The fraction of sp³-hybridized carbons (Fsp3) is 0.500. The Balaban J connectivity index is 1.81. The maximum absolute atomic E-state index is 6.03. The van der Waals surface area contributed by atoms with E-state index in [4.69, 9.17) is 25.9 Å². The summed E-state index contributed by atoms with van der Waals surface area (Å²) in [5.41, 5.74) is 1.91. The van der Waals surface area contributed by atoms with Gasteiger partial charge in [0.15, 0.2) is 11.5 Å². The Kier molecular flexibility index (Phi) is 3.51. The van der Waals surface area contributed by atoms with Crippen LogP contribution in [-0.2, 0) is 4.84 Å². The molecule has 3 rings (SSSR count). The molecule has 0 bridgehead atoms. The minimum atomic E-state index is -0.0540. The van der Waals surface area contributed by atoms with E-state index in [9.17, 15) is 0 Å². The average Bonchev–Trinajstić information content (AvgIpc) is 2.78. The van der Waals surface area contributed by atoms with E-state index >= 15 is 0 Å². The summed E-state index contributed by atoms with van der Waals surface area (Å²) in [6, 6.07) is 5.87. The summed E-state index contributed by atoms with van der Waals surface area (Å²) in [7, 11) is 0. The van der Waals surface area contributed by atoms with Crippen molar-refractivity contribution in [3.63, 3.8) is 0 Å². The van der Waals surface area contributed by atoms with Gasteiger partial charge in [0.1, 0.15) is 6.10 Å². The van der Waals surface area contributed by atoms with Gasteiger partial charge in [-0.05, 0) is 25.1 Å². The number of alkyl halides is 1. The summed E-state index contributed by atoms with van der Waals surface area (Å²) in [5.74, 6) is 1.57. The zero-order chi connectivity index (χ0) is 13.2. The SMILES string of the molecule is CC(Cl)C1CC(c2ccc3c(c2)OCCCO3)=NO1. The van der Waals surface area contributed by atoms with Crippen LogP contribution in [0.4, 0.5) is 0 Å². The standard InChI is InChI=1S/C14H16ClNO3/c1-9(15)13-8-11(16-19-13)10-3-4-12-14(7-10)18-6-2-5-17-12/h3-4,7,9,13H,2,5-6,8H2,1H3. The van der Waals surface area contributed by atoms with Crippen molar-refractivity contribution in [2.75, 3.05) is 13.2 Å². The Hall–Kier alpha value is -1.42. The number of halogens is 1. The third-order valence-corrected chi connectivity index (χ3v) is 3.57. The van der Waals surface area contributed by atoms with E-state index in [0.717, 1.165) is 35.6 Å². The van der Waals surface area contributed by atoms with E-state index in [1.807, 2.05) is 25.1 Å². The minimum absolute atomic E-state index is 0.0485. The topological polar surface area (TPSA) is 40.0 Å². The number of nitrogens with zero attached hydrogens (tertiary/aromatic N) is 1. The zero-order valence-electron chi connectivity index (χ0n) is 10.8. The number of benzene rings is 1. The lowest BCUT2D eigenvalue weighted by atomic mass is 10.0.